The van der Waals surface area contributed by atoms with Crippen LogP contribution in [0.5, 0.6) is 11.8 Å². The van der Waals surface area contributed by atoms with Gasteiger partial charge < -0.3 is 9.47 Å². The molecule has 0 fully saturated rings. The molecule has 0 aliphatic rings. The molecule has 23 heavy (non-hydrogen) atoms. The van der Waals surface area contributed by atoms with Crippen molar-refractivity contribution in [1.82, 2.24) is 9.97 Å². The number of aromatic nitrogens is 2. The summed E-state index contributed by atoms with van der Waals surface area (Å²) in [5, 5.41) is 0. The Kier molecular flexibility index (Phi) is 5.59. The minimum Gasteiger partial charge on any atom is -0.481 e. The van der Waals surface area contributed by atoms with E-state index >= 15 is 0 Å². The van der Waals surface area contributed by atoms with Gasteiger partial charge in [-0.2, -0.15) is 0 Å². The molecule has 0 aromatic carbocycles. The van der Waals surface area contributed by atoms with Crippen molar-refractivity contribution in [2.24, 2.45) is 0 Å². The average Bonchev–Trinajstić information content (AvgIpc) is 2.55. The first-order valence-electron chi connectivity index (χ1n) is 8.01. The molecule has 0 spiro atoms. The van der Waals surface area contributed by atoms with E-state index in [1.54, 1.807) is 13.3 Å². The van der Waals surface area contributed by atoms with E-state index in [0.717, 1.165) is 6.42 Å². The van der Waals surface area contributed by atoms with Crippen LogP contribution in [-0.2, 0) is 5.41 Å². The Morgan fingerprint density at radius 1 is 1.04 bits per heavy atom. The molecule has 0 saturated carbocycles. The van der Waals surface area contributed by atoms with Crippen molar-refractivity contribution in [3.63, 3.8) is 0 Å². The van der Waals surface area contributed by atoms with E-state index in [-0.39, 0.29) is 5.41 Å². The smallest absolute Gasteiger partial charge is 0.213 e. The Bertz CT molecular complexity index is 639. The number of nitrogens with zero attached hydrogens (tertiary/aromatic N) is 2. The summed E-state index contributed by atoms with van der Waals surface area (Å²) >= 11 is 0. The molecule has 0 aliphatic heterocycles. The standard InChI is InChI=1S/C19H26N2O2/c1-14(2)15-6-9-21-18(12-15)23-11-8-19(3,4)16-7-10-20-17(13-16)22-5/h6-7,9-10,12-14H,8,11H2,1-5H3. The van der Waals surface area contributed by atoms with Gasteiger partial charge in [-0.25, -0.2) is 9.97 Å². The fourth-order valence-electron chi connectivity index (χ4n) is 2.36. The third kappa shape index (κ3) is 4.68. The summed E-state index contributed by atoms with van der Waals surface area (Å²) in [6.07, 6.45) is 4.47. The Labute approximate surface area is 138 Å². The van der Waals surface area contributed by atoms with Crippen LogP contribution in [0, 0.1) is 0 Å². The molecule has 0 bridgehead atoms. The summed E-state index contributed by atoms with van der Waals surface area (Å²) < 4.78 is 11.1. The molecular formula is C19H26N2O2. The maximum atomic E-state index is 5.85. The molecule has 2 rings (SSSR count). The SMILES string of the molecule is COc1cc(C(C)(C)CCOc2cc(C(C)C)ccn2)ccn1. The summed E-state index contributed by atoms with van der Waals surface area (Å²) in [5.41, 5.74) is 2.41. The number of ether oxygens (including phenoxy) is 2. The fourth-order valence-corrected chi connectivity index (χ4v) is 2.36. The molecule has 0 N–H and O–H groups in total. The van der Waals surface area contributed by atoms with Crippen molar-refractivity contribution < 1.29 is 9.47 Å². The second-order valence-electron chi connectivity index (χ2n) is 6.65. The highest BCUT2D eigenvalue weighted by atomic mass is 16.5. The second-order valence-corrected chi connectivity index (χ2v) is 6.65. The molecule has 2 aromatic rings. The van der Waals surface area contributed by atoms with Crippen molar-refractivity contribution in [2.45, 2.75) is 45.4 Å². The number of methoxy groups -OCH3 is 1. The lowest BCUT2D eigenvalue weighted by Crippen LogP contribution is -2.21. The van der Waals surface area contributed by atoms with Gasteiger partial charge in [-0.05, 0) is 41.0 Å². The fraction of sp³-hybridized carbons (Fsp3) is 0.474. The molecule has 4 heteroatoms. The Morgan fingerprint density at radius 2 is 1.74 bits per heavy atom. The van der Waals surface area contributed by atoms with Crippen molar-refractivity contribution in [1.29, 1.82) is 0 Å². The van der Waals surface area contributed by atoms with Crippen LogP contribution in [0.25, 0.3) is 0 Å². The zero-order valence-electron chi connectivity index (χ0n) is 14.7. The first-order chi connectivity index (χ1) is 10.9. The first-order valence-corrected chi connectivity index (χ1v) is 8.01. The molecule has 0 aliphatic carbocycles. The Morgan fingerprint density at radius 3 is 2.43 bits per heavy atom. The highest BCUT2D eigenvalue weighted by Crippen LogP contribution is 2.29. The molecule has 2 aromatic heterocycles. The molecule has 0 radical (unpaired) electrons. The lowest BCUT2D eigenvalue weighted by molar-refractivity contribution is 0.263. The van der Waals surface area contributed by atoms with E-state index in [2.05, 4.69) is 37.7 Å². The van der Waals surface area contributed by atoms with Crippen LogP contribution < -0.4 is 9.47 Å². The number of hydrogen-bond acceptors (Lipinski definition) is 4. The lowest BCUT2D eigenvalue weighted by Gasteiger charge is -2.25. The largest absolute Gasteiger partial charge is 0.481 e. The van der Waals surface area contributed by atoms with Gasteiger partial charge in [-0.1, -0.05) is 27.7 Å². The van der Waals surface area contributed by atoms with Gasteiger partial charge in [-0.3, -0.25) is 0 Å². The van der Waals surface area contributed by atoms with Crippen molar-refractivity contribution in [3.8, 4) is 11.8 Å². The lowest BCUT2D eigenvalue weighted by atomic mass is 9.82. The molecule has 2 heterocycles. The Balaban J connectivity index is 1.98. The monoisotopic (exact) mass is 314 g/mol. The maximum absolute atomic E-state index is 5.85. The first kappa shape index (κ1) is 17.3. The van der Waals surface area contributed by atoms with Crippen LogP contribution in [0.15, 0.2) is 36.7 Å². The minimum absolute atomic E-state index is 0.0219. The van der Waals surface area contributed by atoms with Gasteiger partial charge in [0, 0.05) is 24.5 Å². The number of hydrogen-bond donors (Lipinski definition) is 0. The van der Waals surface area contributed by atoms with Crippen molar-refractivity contribution in [2.75, 3.05) is 13.7 Å². The van der Waals surface area contributed by atoms with E-state index in [1.165, 1.54) is 11.1 Å². The molecule has 4 nitrogen and oxygen atoms in total. The summed E-state index contributed by atoms with van der Waals surface area (Å²) in [5.74, 6) is 1.81. The van der Waals surface area contributed by atoms with Gasteiger partial charge in [0.15, 0.2) is 0 Å². The average molecular weight is 314 g/mol. The van der Waals surface area contributed by atoms with Crippen molar-refractivity contribution in [3.05, 3.63) is 47.8 Å². The van der Waals surface area contributed by atoms with Crippen molar-refractivity contribution >= 4 is 0 Å². The molecule has 0 saturated heterocycles. The third-order valence-corrected chi connectivity index (χ3v) is 4.13. The minimum atomic E-state index is -0.0219. The highest BCUT2D eigenvalue weighted by Gasteiger charge is 2.21. The molecule has 124 valence electrons. The van der Waals surface area contributed by atoms with Gasteiger partial charge >= 0.3 is 0 Å². The summed E-state index contributed by atoms with van der Waals surface area (Å²) in [6, 6.07) is 8.07. The molecule has 0 amide bonds. The van der Waals surface area contributed by atoms with Gasteiger partial charge in [0.25, 0.3) is 0 Å². The van der Waals surface area contributed by atoms with Gasteiger partial charge in [0.1, 0.15) is 0 Å². The predicted octanol–water partition coefficient (Wildman–Crippen LogP) is 4.36. The van der Waals surface area contributed by atoms with E-state index in [0.29, 0.717) is 24.3 Å². The normalized spacial score (nSPS) is 11.6. The van der Waals surface area contributed by atoms with E-state index in [4.69, 9.17) is 9.47 Å². The zero-order chi connectivity index (χ0) is 16.9. The summed E-state index contributed by atoms with van der Waals surface area (Å²) in [6.45, 7) is 9.34. The van der Waals surface area contributed by atoms with Crippen LogP contribution in [0.3, 0.4) is 0 Å². The predicted molar refractivity (Wildman–Crippen MR) is 92.3 cm³/mol. The van der Waals surface area contributed by atoms with Crippen LogP contribution in [0.4, 0.5) is 0 Å². The Hall–Kier alpha value is -2.10. The van der Waals surface area contributed by atoms with Gasteiger partial charge in [0.2, 0.25) is 11.8 Å². The highest BCUT2D eigenvalue weighted by molar-refractivity contribution is 5.27. The topological polar surface area (TPSA) is 44.2 Å². The van der Waals surface area contributed by atoms with Crippen LogP contribution >= 0.6 is 0 Å². The van der Waals surface area contributed by atoms with E-state index in [9.17, 15) is 0 Å². The van der Waals surface area contributed by atoms with Gasteiger partial charge in [-0.15, -0.1) is 0 Å². The second kappa shape index (κ2) is 7.44. The summed E-state index contributed by atoms with van der Waals surface area (Å²) in [7, 11) is 1.63. The summed E-state index contributed by atoms with van der Waals surface area (Å²) in [4.78, 5) is 8.45. The number of rotatable bonds is 7. The van der Waals surface area contributed by atoms with E-state index < -0.39 is 0 Å². The maximum Gasteiger partial charge on any atom is 0.213 e. The van der Waals surface area contributed by atoms with Crippen LogP contribution in [0.2, 0.25) is 0 Å². The van der Waals surface area contributed by atoms with Crippen LogP contribution in [0.1, 0.15) is 51.2 Å². The van der Waals surface area contributed by atoms with Gasteiger partial charge in [0.05, 0.1) is 13.7 Å². The third-order valence-electron chi connectivity index (χ3n) is 4.13. The van der Waals surface area contributed by atoms with Crippen LogP contribution in [-0.4, -0.2) is 23.7 Å². The zero-order valence-corrected chi connectivity index (χ0v) is 14.7. The van der Waals surface area contributed by atoms with E-state index in [1.807, 2.05) is 30.5 Å². The molecule has 0 unspecified atom stereocenters. The molecular weight excluding hydrogens is 288 g/mol. The number of pyridine rings is 2. The quantitative estimate of drug-likeness (QED) is 0.762. The molecule has 0 atom stereocenters.